The molecule has 1 aliphatic heterocycles. The normalized spacial score (nSPS) is 19.3. The van der Waals surface area contributed by atoms with Gasteiger partial charge >= 0.3 is 0 Å². The number of ether oxygens (including phenoxy) is 2. The Kier molecular flexibility index (Phi) is 10.3. The minimum Gasteiger partial charge on any atom is -0.381 e. The van der Waals surface area contributed by atoms with Crippen molar-refractivity contribution < 1.29 is 9.47 Å². The van der Waals surface area contributed by atoms with Crippen LogP contribution in [0.25, 0.3) is 0 Å². The molecule has 1 rings (SSSR count). The Morgan fingerprint density at radius 1 is 1.25 bits per heavy atom. The molecule has 1 aliphatic rings. The number of rotatable bonds is 10. The molecule has 118 valence electrons. The van der Waals surface area contributed by atoms with Crippen molar-refractivity contribution in [3.8, 4) is 0 Å². The van der Waals surface area contributed by atoms with Gasteiger partial charge < -0.3 is 20.1 Å². The molecular formula is C15H31N3O2. The Labute approximate surface area is 123 Å². The number of hydrogen-bond donors (Lipinski definition) is 2. The predicted molar refractivity (Wildman–Crippen MR) is 83.3 cm³/mol. The zero-order valence-corrected chi connectivity index (χ0v) is 13.1. The minimum atomic E-state index is 0.308. The molecule has 0 aromatic carbocycles. The van der Waals surface area contributed by atoms with Gasteiger partial charge in [-0.25, -0.2) is 0 Å². The second kappa shape index (κ2) is 12.0. The number of nitrogens with one attached hydrogen (secondary N) is 2. The summed E-state index contributed by atoms with van der Waals surface area (Å²) in [4.78, 5) is 4.57. The molecule has 0 aromatic heterocycles. The predicted octanol–water partition coefficient (Wildman–Crippen LogP) is 1.93. The summed E-state index contributed by atoms with van der Waals surface area (Å²) >= 11 is 0. The van der Waals surface area contributed by atoms with Crippen LogP contribution < -0.4 is 10.6 Å². The van der Waals surface area contributed by atoms with Crippen LogP contribution in [0.1, 0.15) is 46.0 Å². The van der Waals surface area contributed by atoms with Crippen molar-refractivity contribution in [1.82, 2.24) is 10.6 Å². The number of hydrogen-bond acceptors (Lipinski definition) is 3. The van der Waals surface area contributed by atoms with Crippen molar-refractivity contribution in [2.24, 2.45) is 4.99 Å². The first-order valence-electron chi connectivity index (χ1n) is 8.08. The van der Waals surface area contributed by atoms with Crippen LogP contribution in [-0.4, -0.2) is 51.5 Å². The highest BCUT2D eigenvalue weighted by atomic mass is 16.5. The van der Waals surface area contributed by atoms with Crippen LogP contribution in [-0.2, 0) is 9.47 Å². The second-order valence-corrected chi connectivity index (χ2v) is 5.10. The van der Waals surface area contributed by atoms with E-state index in [2.05, 4.69) is 29.5 Å². The van der Waals surface area contributed by atoms with Gasteiger partial charge in [-0.15, -0.1) is 0 Å². The molecule has 20 heavy (non-hydrogen) atoms. The van der Waals surface area contributed by atoms with E-state index in [1.807, 2.05) is 0 Å². The monoisotopic (exact) mass is 285 g/mol. The summed E-state index contributed by atoms with van der Waals surface area (Å²) in [5, 5.41) is 6.60. The largest absolute Gasteiger partial charge is 0.381 e. The maximum Gasteiger partial charge on any atom is 0.191 e. The third-order valence-corrected chi connectivity index (χ3v) is 3.22. The van der Waals surface area contributed by atoms with Crippen molar-refractivity contribution in [2.45, 2.75) is 52.1 Å². The standard InChI is InChI=1S/C15H31N3O2/c1-3-5-10-19-11-7-9-17-15(16-4-2)18-13-14-8-6-12-20-14/h14H,3-13H2,1-2H3,(H2,16,17,18). The first kappa shape index (κ1) is 17.2. The third kappa shape index (κ3) is 8.38. The van der Waals surface area contributed by atoms with Crippen molar-refractivity contribution in [3.63, 3.8) is 0 Å². The lowest BCUT2D eigenvalue weighted by Gasteiger charge is -2.13. The average molecular weight is 285 g/mol. The van der Waals surface area contributed by atoms with Gasteiger partial charge in [0.15, 0.2) is 5.96 Å². The van der Waals surface area contributed by atoms with Gasteiger partial charge in [0.25, 0.3) is 0 Å². The van der Waals surface area contributed by atoms with Gasteiger partial charge in [-0.05, 0) is 32.6 Å². The number of guanidine groups is 1. The van der Waals surface area contributed by atoms with Crippen molar-refractivity contribution in [1.29, 1.82) is 0 Å². The smallest absolute Gasteiger partial charge is 0.191 e. The molecule has 2 N–H and O–H groups in total. The van der Waals surface area contributed by atoms with E-state index in [1.54, 1.807) is 0 Å². The van der Waals surface area contributed by atoms with E-state index >= 15 is 0 Å². The fourth-order valence-electron chi connectivity index (χ4n) is 2.05. The van der Waals surface area contributed by atoms with Crippen LogP contribution >= 0.6 is 0 Å². The molecule has 1 fully saturated rings. The van der Waals surface area contributed by atoms with E-state index in [4.69, 9.17) is 9.47 Å². The summed E-state index contributed by atoms with van der Waals surface area (Å²) in [7, 11) is 0. The highest BCUT2D eigenvalue weighted by Gasteiger charge is 2.14. The van der Waals surface area contributed by atoms with Crippen LogP contribution in [0.2, 0.25) is 0 Å². The van der Waals surface area contributed by atoms with E-state index in [-0.39, 0.29) is 0 Å². The zero-order valence-electron chi connectivity index (χ0n) is 13.1. The molecular weight excluding hydrogens is 254 g/mol. The van der Waals surface area contributed by atoms with Crippen LogP contribution in [0, 0.1) is 0 Å². The molecule has 1 unspecified atom stereocenters. The first-order valence-corrected chi connectivity index (χ1v) is 8.08. The molecule has 0 aromatic rings. The molecule has 1 atom stereocenters. The van der Waals surface area contributed by atoms with Gasteiger partial charge in [-0.2, -0.15) is 0 Å². The van der Waals surface area contributed by atoms with Crippen molar-refractivity contribution in [2.75, 3.05) is 39.5 Å². The molecule has 0 spiro atoms. The summed E-state index contributed by atoms with van der Waals surface area (Å²) in [5.74, 6) is 0.886. The van der Waals surface area contributed by atoms with Crippen LogP contribution in [0.3, 0.4) is 0 Å². The van der Waals surface area contributed by atoms with E-state index in [9.17, 15) is 0 Å². The Hall–Kier alpha value is -0.810. The maximum atomic E-state index is 5.58. The fourth-order valence-corrected chi connectivity index (χ4v) is 2.05. The zero-order chi connectivity index (χ0) is 14.5. The third-order valence-electron chi connectivity index (χ3n) is 3.22. The highest BCUT2D eigenvalue weighted by molar-refractivity contribution is 5.79. The fraction of sp³-hybridized carbons (Fsp3) is 0.933. The average Bonchev–Trinajstić information content (AvgIpc) is 2.97. The van der Waals surface area contributed by atoms with E-state index in [0.29, 0.717) is 6.10 Å². The molecule has 5 heteroatoms. The Morgan fingerprint density at radius 3 is 2.80 bits per heavy atom. The van der Waals surface area contributed by atoms with Gasteiger partial charge in [0.2, 0.25) is 0 Å². The lowest BCUT2D eigenvalue weighted by Crippen LogP contribution is -2.38. The number of nitrogens with zero attached hydrogens (tertiary/aromatic N) is 1. The first-order chi connectivity index (χ1) is 9.86. The van der Waals surface area contributed by atoms with E-state index in [1.165, 1.54) is 12.8 Å². The minimum absolute atomic E-state index is 0.308. The number of aliphatic imine (C=N–C) groups is 1. The van der Waals surface area contributed by atoms with Crippen LogP contribution in [0.15, 0.2) is 4.99 Å². The molecule has 0 amide bonds. The second-order valence-electron chi connectivity index (χ2n) is 5.10. The molecule has 0 bridgehead atoms. The van der Waals surface area contributed by atoms with Crippen LogP contribution in [0.5, 0.6) is 0 Å². The van der Waals surface area contributed by atoms with Gasteiger partial charge in [-0.3, -0.25) is 4.99 Å². The van der Waals surface area contributed by atoms with E-state index in [0.717, 1.165) is 64.7 Å². The summed E-state index contributed by atoms with van der Waals surface area (Å²) in [5.41, 5.74) is 0. The summed E-state index contributed by atoms with van der Waals surface area (Å²) in [6.45, 7) is 9.37. The summed E-state index contributed by atoms with van der Waals surface area (Å²) < 4.78 is 11.1. The van der Waals surface area contributed by atoms with Crippen LogP contribution in [0.4, 0.5) is 0 Å². The molecule has 0 saturated carbocycles. The quantitative estimate of drug-likeness (QED) is 0.366. The number of unbranched alkanes of at least 4 members (excludes halogenated alkanes) is 1. The molecule has 1 saturated heterocycles. The Balaban J connectivity index is 2.09. The highest BCUT2D eigenvalue weighted by Crippen LogP contribution is 2.11. The molecule has 0 radical (unpaired) electrons. The summed E-state index contributed by atoms with van der Waals surface area (Å²) in [6.07, 6.45) is 5.96. The van der Waals surface area contributed by atoms with Gasteiger partial charge in [0.05, 0.1) is 12.6 Å². The van der Waals surface area contributed by atoms with Gasteiger partial charge in [-0.1, -0.05) is 13.3 Å². The lowest BCUT2D eigenvalue weighted by molar-refractivity contribution is 0.117. The maximum absolute atomic E-state index is 5.58. The van der Waals surface area contributed by atoms with Gasteiger partial charge in [0, 0.05) is 32.9 Å². The van der Waals surface area contributed by atoms with Crippen molar-refractivity contribution in [3.05, 3.63) is 0 Å². The Bertz CT molecular complexity index is 254. The van der Waals surface area contributed by atoms with Gasteiger partial charge in [0.1, 0.15) is 0 Å². The molecule has 1 heterocycles. The topological polar surface area (TPSA) is 54.9 Å². The summed E-state index contributed by atoms with van der Waals surface area (Å²) in [6, 6.07) is 0. The lowest BCUT2D eigenvalue weighted by atomic mass is 10.2. The SMILES string of the molecule is CCCCOCCCNC(=NCC1CCCO1)NCC. The molecule has 0 aliphatic carbocycles. The van der Waals surface area contributed by atoms with E-state index < -0.39 is 0 Å². The molecule has 5 nitrogen and oxygen atoms in total. The Morgan fingerprint density at radius 2 is 2.10 bits per heavy atom. The van der Waals surface area contributed by atoms with Crippen molar-refractivity contribution >= 4 is 5.96 Å².